The Hall–Kier alpha value is -3.71. The average molecular weight is 571 g/mol. The minimum absolute atomic E-state index is 0.201. The fourth-order valence-corrected chi connectivity index (χ4v) is 7.51. The van der Waals surface area contributed by atoms with Gasteiger partial charge in [-0.15, -0.1) is 11.3 Å². The van der Waals surface area contributed by atoms with Crippen molar-refractivity contribution in [1.82, 2.24) is 0 Å². The van der Waals surface area contributed by atoms with E-state index in [1.165, 1.54) is 11.3 Å². The van der Waals surface area contributed by atoms with E-state index >= 15 is 0 Å². The van der Waals surface area contributed by atoms with Gasteiger partial charge in [-0.2, -0.15) is 0 Å². The molecule has 4 atom stereocenters. The van der Waals surface area contributed by atoms with Crippen molar-refractivity contribution in [2.75, 3.05) is 10.2 Å². The molecule has 4 aromatic rings. The summed E-state index contributed by atoms with van der Waals surface area (Å²) in [7, 11) is 0. The molecule has 1 spiro atoms. The number of carbonyl (C=O) groups excluding carboxylic acids is 3. The molecule has 4 heterocycles. The molecule has 1 saturated heterocycles. The number of hydrogen-bond acceptors (Lipinski definition) is 5. The summed E-state index contributed by atoms with van der Waals surface area (Å²) in [5, 5.41) is 5.93. The van der Waals surface area contributed by atoms with E-state index in [1.54, 1.807) is 36.4 Å². The molecule has 8 heteroatoms. The maximum absolute atomic E-state index is 14.6. The normalized spacial score (nSPS) is 24.3. The van der Waals surface area contributed by atoms with Gasteiger partial charge in [0.05, 0.1) is 16.8 Å². The van der Waals surface area contributed by atoms with Crippen molar-refractivity contribution in [1.29, 1.82) is 0 Å². The molecule has 3 aliphatic heterocycles. The van der Waals surface area contributed by atoms with Crippen LogP contribution in [-0.2, 0) is 10.2 Å². The number of halogens is 2. The number of para-hydroxylation sites is 1. The van der Waals surface area contributed by atoms with Crippen LogP contribution in [-0.4, -0.2) is 29.6 Å². The van der Waals surface area contributed by atoms with E-state index < -0.39 is 23.4 Å². The number of ketones is 2. The van der Waals surface area contributed by atoms with E-state index in [9.17, 15) is 14.4 Å². The zero-order valence-corrected chi connectivity index (χ0v) is 22.6. The SMILES string of the molecule is O=C(c1cccs1)C1C(C(=O)c2ccc(Cl)cc2)C2(C(=O)Nc3ccccc32)C2C=Cc3cc(Cl)ccc3N12. The highest BCUT2D eigenvalue weighted by Gasteiger charge is 2.70. The Labute approximate surface area is 238 Å². The Bertz CT molecular complexity index is 1700. The summed E-state index contributed by atoms with van der Waals surface area (Å²) in [4.78, 5) is 45.8. The number of amides is 1. The van der Waals surface area contributed by atoms with Crippen molar-refractivity contribution in [2.45, 2.75) is 17.5 Å². The van der Waals surface area contributed by atoms with Crippen molar-refractivity contribution in [3.05, 3.63) is 122 Å². The second-order valence-corrected chi connectivity index (χ2v) is 11.7. The molecule has 39 heavy (non-hydrogen) atoms. The Morgan fingerprint density at radius 1 is 0.897 bits per heavy atom. The Kier molecular flexibility index (Phi) is 5.56. The quantitative estimate of drug-likeness (QED) is 0.271. The monoisotopic (exact) mass is 570 g/mol. The molecule has 0 bridgehead atoms. The fraction of sp³-hybridized carbons (Fsp3) is 0.129. The summed E-state index contributed by atoms with van der Waals surface area (Å²) in [5.74, 6) is -1.80. The van der Waals surface area contributed by atoms with Crippen molar-refractivity contribution in [3.8, 4) is 0 Å². The van der Waals surface area contributed by atoms with Crippen LogP contribution in [0.4, 0.5) is 11.4 Å². The van der Waals surface area contributed by atoms with Crippen LogP contribution in [0.5, 0.6) is 0 Å². The van der Waals surface area contributed by atoms with Crippen LogP contribution >= 0.6 is 34.5 Å². The van der Waals surface area contributed by atoms with Crippen LogP contribution in [0.2, 0.25) is 10.0 Å². The minimum atomic E-state index is -1.35. The van der Waals surface area contributed by atoms with Crippen LogP contribution < -0.4 is 10.2 Å². The lowest BCUT2D eigenvalue weighted by atomic mass is 9.64. The van der Waals surface area contributed by atoms with Gasteiger partial charge in [-0.1, -0.05) is 59.6 Å². The smallest absolute Gasteiger partial charge is 0.238 e. The van der Waals surface area contributed by atoms with Gasteiger partial charge in [0, 0.05) is 27.0 Å². The van der Waals surface area contributed by atoms with Crippen molar-refractivity contribution >= 4 is 69.5 Å². The van der Waals surface area contributed by atoms with Crippen molar-refractivity contribution in [3.63, 3.8) is 0 Å². The number of nitrogens with one attached hydrogen (secondary N) is 1. The third kappa shape index (κ3) is 3.42. The third-order valence-corrected chi connectivity index (χ3v) is 9.41. The predicted octanol–water partition coefficient (Wildman–Crippen LogP) is 6.91. The topological polar surface area (TPSA) is 66.5 Å². The lowest BCUT2D eigenvalue weighted by Gasteiger charge is -2.37. The number of Topliss-reactive ketones (excluding diaryl/α,β-unsaturated/α-hetero) is 2. The highest BCUT2D eigenvalue weighted by molar-refractivity contribution is 7.12. The molecule has 0 saturated carbocycles. The summed E-state index contributed by atoms with van der Waals surface area (Å²) >= 11 is 13.8. The number of fused-ring (bicyclic) bond motifs is 6. The third-order valence-electron chi connectivity index (χ3n) is 8.04. The standard InChI is InChI=1S/C31H20Cl2N2O3S/c32-19-10-7-17(8-11-19)28(36)26-27(29(37)24-6-3-15-39-24)35-23-13-12-20(33)16-18(23)9-14-25(35)31(26)21-4-1-2-5-22(21)34-30(31)38/h1-16,25-27H,(H,34,38). The largest absolute Gasteiger partial charge is 0.352 e. The highest BCUT2D eigenvalue weighted by Crippen LogP contribution is 2.58. The van der Waals surface area contributed by atoms with Gasteiger partial charge in [-0.05, 0) is 71.1 Å². The van der Waals surface area contributed by atoms with Gasteiger partial charge < -0.3 is 10.2 Å². The molecule has 1 amide bonds. The first-order valence-corrected chi connectivity index (χ1v) is 14.1. The van der Waals surface area contributed by atoms with Crippen LogP contribution in [0.25, 0.3) is 6.08 Å². The predicted molar refractivity (Wildman–Crippen MR) is 155 cm³/mol. The number of anilines is 2. The van der Waals surface area contributed by atoms with Crippen molar-refractivity contribution < 1.29 is 14.4 Å². The molecular weight excluding hydrogens is 551 g/mol. The Morgan fingerprint density at radius 3 is 2.44 bits per heavy atom. The van der Waals surface area contributed by atoms with Crippen LogP contribution in [0.3, 0.4) is 0 Å². The number of carbonyl (C=O) groups is 3. The van der Waals surface area contributed by atoms with Gasteiger partial charge in [0.25, 0.3) is 0 Å². The van der Waals surface area contributed by atoms with E-state index in [0.29, 0.717) is 31.7 Å². The molecule has 0 aliphatic carbocycles. The zero-order chi connectivity index (χ0) is 26.9. The molecule has 5 nitrogen and oxygen atoms in total. The van der Waals surface area contributed by atoms with Crippen LogP contribution in [0.1, 0.15) is 31.2 Å². The second-order valence-electron chi connectivity index (χ2n) is 9.92. The van der Waals surface area contributed by atoms with Gasteiger partial charge in [0.15, 0.2) is 11.6 Å². The summed E-state index contributed by atoms with van der Waals surface area (Å²) in [6, 6.07) is 21.6. The van der Waals surface area contributed by atoms with Crippen LogP contribution in [0.15, 0.2) is 90.3 Å². The summed E-state index contributed by atoms with van der Waals surface area (Å²) in [6.07, 6.45) is 3.87. The number of nitrogens with zero attached hydrogens (tertiary/aromatic N) is 1. The fourth-order valence-electron chi connectivity index (χ4n) is 6.51. The lowest BCUT2D eigenvalue weighted by Crippen LogP contribution is -2.51. The lowest BCUT2D eigenvalue weighted by molar-refractivity contribution is -0.121. The van der Waals surface area contributed by atoms with Crippen LogP contribution in [0, 0.1) is 5.92 Å². The molecule has 0 radical (unpaired) electrons. The second kappa shape index (κ2) is 8.91. The van der Waals surface area contributed by atoms with E-state index in [-0.39, 0.29) is 17.5 Å². The first-order valence-electron chi connectivity index (χ1n) is 12.5. The summed E-state index contributed by atoms with van der Waals surface area (Å²) in [5.41, 5.74) is 1.98. The van der Waals surface area contributed by atoms with E-state index in [2.05, 4.69) is 5.32 Å². The molecule has 7 rings (SSSR count). The van der Waals surface area contributed by atoms with E-state index in [0.717, 1.165) is 11.3 Å². The molecule has 4 unspecified atom stereocenters. The van der Waals surface area contributed by atoms with Gasteiger partial charge in [0.2, 0.25) is 5.91 Å². The molecule has 192 valence electrons. The number of benzene rings is 3. The first kappa shape index (κ1) is 24.3. The van der Waals surface area contributed by atoms with Gasteiger partial charge in [0.1, 0.15) is 11.5 Å². The maximum atomic E-state index is 14.6. The van der Waals surface area contributed by atoms with Gasteiger partial charge in [-0.3, -0.25) is 14.4 Å². The maximum Gasteiger partial charge on any atom is 0.238 e. The number of hydrogen-bond donors (Lipinski definition) is 1. The molecular formula is C31H20Cl2N2O3S. The molecule has 3 aromatic carbocycles. The van der Waals surface area contributed by atoms with E-state index in [4.69, 9.17) is 23.2 Å². The zero-order valence-electron chi connectivity index (χ0n) is 20.3. The Morgan fingerprint density at radius 2 is 1.67 bits per heavy atom. The summed E-state index contributed by atoms with van der Waals surface area (Å²) < 4.78 is 0. The van der Waals surface area contributed by atoms with Crippen molar-refractivity contribution in [2.24, 2.45) is 5.92 Å². The summed E-state index contributed by atoms with van der Waals surface area (Å²) in [6.45, 7) is 0. The van der Waals surface area contributed by atoms with E-state index in [1.807, 2.05) is 64.9 Å². The minimum Gasteiger partial charge on any atom is -0.352 e. The first-order chi connectivity index (χ1) is 18.9. The Balaban J connectivity index is 1.54. The number of rotatable bonds is 4. The molecule has 3 aliphatic rings. The van der Waals surface area contributed by atoms with Gasteiger partial charge in [-0.25, -0.2) is 0 Å². The molecule has 1 aromatic heterocycles. The molecule has 1 N–H and O–H groups in total. The average Bonchev–Trinajstić information content (AvgIpc) is 3.65. The van der Waals surface area contributed by atoms with Gasteiger partial charge >= 0.3 is 0 Å². The number of thiophene rings is 1. The highest BCUT2D eigenvalue weighted by atomic mass is 35.5. The molecule has 1 fully saturated rings.